The number of aromatic nitrogens is 2. The Morgan fingerprint density at radius 1 is 1.05 bits per heavy atom. The fraction of sp³-hybridized carbons (Fsp3) is 0.481. The first-order chi connectivity index (χ1) is 18.7. The van der Waals surface area contributed by atoms with Crippen molar-refractivity contribution in [2.45, 2.75) is 18.9 Å². The molecule has 210 valence electrons. The molecule has 0 spiro atoms. The van der Waals surface area contributed by atoms with Crippen LogP contribution in [0.3, 0.4) is 0 Å². The minimum absolute atomic E-state index is 0.377. The predicted octanol–water partition coefficient (Wildman–Crippen LogP) is 5.15. The maximum absolute atomic E-state index is 12.7. The Bertz CT molecular complexity index is 1330. The summed E-state index contributed by atoms with van der Waals surface area (Å²) in [5.41, 5.74) is 2.67. The van der Waals surface area contributed by atoms with Gasteiger partial charge in [0.25, 0.3) is 0 Å². The minimum atomic E-state index is -2.44. The van der Waals surface area contributed by atoms with Crippen LogP contribution in [-0.2, 0) is 4.57 Å². The summed E-state index contributed by atoms with van der Waals surface area (Å²) in [6, 6.07) is 8.77. The second-order valence-corrected chi connectivity index (χ2v) is 15.3. The average Bonchev–Trinajstić information content (AvgIpc) is 3.40. The fourth-order valence-corrected chi connectivity index (χ4v) is 7.86. The van der Waals surface area contributed by atoms with Crippen LogP contribution >= 0.6 is 30.1 Å². The van der Waals surface area contributed by atoms with Gasteiger partial charge >= 0.3 is 0 Å². The number of halogens is 1. The van der Waals surface area contributed by atoms with Crippen LogP contribution in [0.1, 0.15) is 12.8 Å². The molecule has 9 nitrogen and oxygen atoms in total. The molecule has 2 aliphatic rings. The Hall–Kier alpha value is -2.36. The zero-order chi connectivity index (χ0) is 27.6. The van der Waals surface area contributed by atoms with Gasteiger partial charge < -0.3 is 29.7 Å². The highest BCUT2D eigenvalue weighted by Crippen LogP contribution is 2.41. The van der Waals surface area contributed by atoms with Crippen molar-refractivity contribution < 1.29 is 9.30 Å². The van der Waals surface area contributed by atoms with Gasteiger partial charge in [0, 0.05) is 57.1 Å². The first-order valence-electron chi connectivity index (χ1n) is 13.3. The van der Waals surface area contributed by atoms with Gasteiger partial charge in [0.05, 0.1) is 29.3 Å². The van der Waals surface area contributed by atoms with Crippen LogP contribution in [0.4, 0.5) is 28.8 Å². The van der Waals surface area contributed by atoms with Crippen molar-refractivity contribution in [2.24, 2.45) is 0 Å². The predicted molar refractivity (Wildman–Crippen MR) is 164 cm³/mol. The number of piperidine rings is 1. The van der Waals surface area contributed by atoms with Gasteiger partial charge in [0.2, 0.25) is 5.95 Å². The number of piperazine rings is 1. The van der Waals surface area contributed by atoms with E-state index in [1.54, 1.807) is 26.6 Å². The lowest BCUT2D eigenvalue weighted by atomic mass is 10.0. The maximum atomic E-state index is 12.7. The first-order valence-corrected chi connectivity index (χ1v) is 17.1. The van der Waals surface area contributed by atoms with Crippen molar-refractivity contribution >= 4 is 63.5 Å². The summed E-state index contributed by atoms with van der Waals surface area (Å²) in [7, 11) is 1.44. The smallest absolute Gasteiger partial charge is 0.229 e. The molecular weight excluding hydrogens is 553 g/mol. The third kappa shape index (κ3) is 6.69. The lowest BCUT2D eigenvalue weighted by Crippen LogP contribution is -2.52. The Labute approximate surface area is 239 Å². The molecule has 2 saturated heterocycles. The van der Waals surface area contributed by atoms with Gasteiger partial charge in [-0.15, -0.1) is 11.3 Å². The van der Waals surface area contributed by atoms with Crippen molar-refractivity contribution in [1.29, 1.82) is 0 Å². The summed E-state index contributed by atoms with van der Waals surface area (Å²) in [6.07, 6.45) is 3.91. The molecule has 12 heteroatoms. The first kappa shape index (κ1) is 28.2. The van der Waals surface area contributed by atoms with Gasteiger partial charge in [-0.2, -0.15) is 4.98 Å². The molecular formula is C27H37ClN7O2PS. The van der Waals surface area contributed by atoms with Gasteiger partial charge in [0.1, 0.15) is 17.9 Å². The molecule has 0 unspecified atom stereocenters. The van der Waals surface area contributed by atoms with E-state index in [9.17, 15) is 4.57 Å². The number of nitrogens with zero attached hydrogens (tertiary/aromatic N) is 5. The quantitative estimate of drug-likeness (QED) is 0.346. The number of likely N-dealkylation sites (N-methyl/N-ethyl adjacent to an activating group) is 1. The molecule has 0 radical (unpaired) electrons. The van der Waals surface area contributed by atoms with Gasteiger partial charge in [-0.25, -0.2) is 4.98 Å². The van der Waals surface area contributed by atoms with Crippen LogP contribution in [0.25, 0.3) is 0 Å². The molecule has 0 aliphatic carbocycles. The van der Waals surface area contributed by atoms with E-state index in [4.69, 9.17) is 16.3 Å². The zero-order valence-corrected chi connectivity index (χ0v) is 25.5. The monoisotopic (exact) mass is 589 g/mol. The molecule has 2 N–H and O–H groups in total. The maximum Gasteiger partial charge on any atom is 0.229 e. The Balaban J connectivity index is 1.26. The molecule has 2 aliphatic heterocycles. The van der Waals surface area contributed by atoms with Crippen LogP contribution in [0, 0.1) is 0 Å². The number of hydrogen-bond acceptors (Lipinski definition) is 10. The largest absolute Gasteiger partial charge is 0.494 e. The van der Waals surface area contributed by atoms with E-state index in [1.165, 1.54) is 37.3 Å². The highest BCUT2D eigenvalue weighted by atomic mass is 35.5. The Morgan fingerprint density at radius 3 is 2.49 bits per heavy atom. The summed E-state index contributed by atoms with van der Waals surface area (Å²) in [5, 5.41) is 8.79. The van der Waals surface area contributed by atoms with Crippen LogP contribution in [0.2, 0.25) is 5.02 Å². The van der Waals surface area contributed by atoms with Crippen molar-refractivity contribution in [2.75, 3.05) is 82.3 Å². The summed E-state index contributed by atoms with van der Waals surface area (Å²) in [6.45, 7) is 10.3. The van der Waals surface area contributed by atoms with Crippen molar-refractivity contribution in [1.82, 2.24) is 19.8 Å². The molecule has 4 heterocycles. The van der Waals surface area contributed by atoms with E-state index in [2.05, 4.69) is 54.5 Å². The van der Waals surface area contributed by atoms with Gasteiger partial charge in [0.15, 0.2) is 5.82 Å². The van der Waals surface area contributed by atoms with Gasteiger partial charge in [-0.3, -0.25) is 4.90 Å². The standard InChI is InChI=1S/C27H37ClN7O2PS/c1-33-12-14-35(15-13-33)19-7-10-34(11-8-19)20-5-6-22(24(17-20)37-2)31-27-29-18-21(28)25(32-27)30-23-9-16-39-26(23)38(3,4)36/h5-6,9,16-19H,7-8,10-15H2,1-4H3,(H2,29,30,31,32). The highest BCUT2D eigenvalue weighted by molar-refractivity contribution is 7.75. The number of thiophene rings is 1. The molecule has 1 aromatic carbocycles. The van der Waals surface area contributed by atoms with E-state index in [0.29, 0.717) is 22.8 Å². The van der Waals surface area contributed by atoms with E-state index < -0.39 is 7.14 Å². The number of ether oxygens (including phenoxy) is 1. The number of anilines is 5. The van der Waals surface area contributed by atoms with Crippen LogP contribution in [0.5, 0.6) is 5.75 Å². The normalized spacial score (nSPS) is 17.8. The minimum Gasteiger partial charge on any atom is -0.494 e. The highest BCUT2D eigenvalue weighted by Gasteiger charge is 2.27. The second kappa shape index (κ2) is 12.0. The number of hydrogen-bond donors (Lipinski definition) is 2. The van der Waals surface area contributed by atoms with E-state index >= 15 is 0 Å². The van der Waals surface area contributed by atoms with Crippen LogP contribution in [0.15, 0.2) is 35.8 Å². The van der Waals surface area contributed by atoms with Crippen LogP contribution in [-0.4, -0.2) is 92.6 Å². The van der Waals surface area contributed by atoms with Crippen molar-refractivity contribution in [3.8, 4) is 5.75 Å². The summed E-state index contributed by atoms with van der Waals surface area (Å²) in [4.78, 5) is 16.5. The summed E-state index contributed by atoms with van der Waals surface area (Å²) < 4.78 is 19.2. The molecule has 39 heavy (non-hydrogen) atoms. The number of nitrogens with one attached hydrogen (secondary N) is 2. The third-order valence-electron chi connectivity index (χ3n) is 7.45. The lowest BCUT2D eigenvalue weighted by Gasteiger charge is -2.42. The average molecular weight is 590 g/mol. The van der Waals surface area contributed by atoms with Crippen molar-refractivity contribution in [3.63, 3.8) is 0 Å². The fourth-order valence-electron chi connectivity index (χ4n) is 5.23. The zero-order valence-electron chi connectivity index (χ0n) is 23.0. The van der Waals surface area contributed by atoms with Gasteiger partial charge in [-0.05, 0) is 56.8 Å². The van der Waals surface area contributed by atoms with Crippen molar-refractivity contribution in [3.05, 3.63) is 40.9 Å². The molecule has 3 aromatic rings. The summed E-state index contributed by atoms with van der Waals surface area (Å²) >= 11 is 7.86. The lowest BCUT2D eigenvalue weighted by molar-refractivity contribution is 0.0982. The number of benzene rings is 1. The van der Waals surface area contributed by atoms with Gasteiger partial charge in [-0.1, -0.05) is 11.6 Å². The SMILES string of the molecule is COc1cc(N2CCC(N3CCN(C)CC3)CC2)ccc1Nc1ncc(Cl)c(Nc2ccsc2P(C)(C)=O)n1. The Morgan fingerprint density at radius 2 is 1.79 bits per heavy atom. The molecule has 2 fully saturated rings. The molecule has 0 bridgehead atoms. The van der Waals surface area contributed by atoms with Crippen LogP contribution < -0.4 is 24.9 Å². The Kier molecular flexibility index (Phi) is 8.69. The van der Waals surface area contributed by atoms with E-state index in [-0.39, 0.29) is 0 Å². The summed E-state index contributed by atoms with van der Waals surface area (Å²) in [5.74, 6) is 1.55. The molecule has 0 saturated carbocycles. The number of rotatable bonds is 8. The van der Waals surface area contributed by atoms with E-state index in [1.807, 2.05) is 17.5 Å². The topological polar surface area (TPSA) is 85.9 Å². The molecule has 0 atom stereocenters. The van der Waals surface area contributed by atoms with E-state index in [0.717, 1.165) is 53.6 Å². The third-order valence-corrected chi connectivity index (χ3v) is 11.3. The second-order valence-electron chi connectivity index (χ2n) is 10.6. The molecule has 5 rings (SSSR count). The number of methoxy groups -OCH3 is 1. The molecule has 2 aromatic heterocycles. The molecule has 0 amide bonds.